The van der Waals surface area contributed by atoms with Crippen LogP contribution in [0.1, 0.15) is 44.4 Å². The summed E-state index contributed by atoms with van der Waals surface area (Å²) in [6.07, 6.45) is 0.811. The highest BCUT2D eigenvalue weighted by molar-refractivity contribution is 7.22. The molecule has 3 heterocycles. The maximum absolute atomic E-state index is 13.8. The minimum atomic E-state index is -1.01. The van der Waals surface area contributed by atoms with E-state index in [1.807, 2.05) is 39.0 Å². The van der Waals surface area contributed by atoms with Crippen molar-refractivity contribution in [2.45, 2.75) is 33.2 Å². The summed E-state index contributed by atoms with van der Waals surface area (Å²) in [7, 11) is 0. The molecule has 1 saturated heterocycles. The summed E-state index contributed by atoms with van der Waals surface area (Å²) in [5, 5.41) is 12.0. The van der Waals surface area contributed by atoms with Crippen LogP contribution in [0.2, 0.25) is 0 Å². The summed E-state index contributed by atoms with van der Waals surface area (Å²) in [5.74, 6) is 0.698. The number of aliphatic hydroxyl groups excluding tert-OH is 1. The van der Waals surface area contributed by atoms with Gasteiger partial charge >= 0.3 is 5.91 Å². The fraction of sp³-hybridized carbons (Fsp3) is 0.303. The molecule has 3 aromatic carbocycles. The first-order chi connectivity index (χ1) is 21.4. The molecule has 1 fully saturated rings. The van der Waals surface area contributed by atoms with Crippen LogP contribution in [0.25, 0.3) is 16.0 Å². The van der Waals surface area contributed by atoms with E-state index >= 15 is 0 Å². The molecule has 1 aromatic heterocycles. The fourth-order valence-electron chi connectivity index (χ4n) is 5.24. The number of Topliss-reactive ketones (excluding diaryl/α,β-unsaturated/α-hetero) is 1. The maximum atomic E-state index is 13.8. The molecule has 0 spiro atoms. The fourth-order valence-corrected chi connectivity index (χ4v) is 6.26. The highest BCUT2D eigenvalue weighted by atomic mass is 32.1. The molecule has 0 bridgehead atoms. The molecule has 2 aliphatic rings. The average molecular weight is 617 g/mol. The Labute approximate surface area is 258 Å². The number of hydrogen-bond acceptors (Lipinski definition) is 10. The number of carbonyl (C=O) groups excluding carboxylic acids is 2. The first-order valence-corrected chi connectivity index (χ1v) is 15.4. The van der Waals surface area contributed by atoms with Gasteiger partial charge in [0.05, 0.1) is 41.7 Å². The standard InChI is InChI=1S/C33H32N2O8S/c1-4-13-41-23-11-7-19(16-25(23)40-6-3)29-28(30(36)20-8-12-24-26(17-20)43-15-14-42-24)31(37)32(38)35(29)33-34-22-10-9-21(39-5-2)18-27(22)44-33/h7-12,16-18,29,36H,4-6,13-15H2,1-3H3/b30-28+. The Hall–Kier alpha value is -4.77. The second-order valence-corrected chi connectivity index (χ2v) is 11.1. The van der Waals surface area contributed by atoms with E-state index in [9.17, 15) is 14.7 Å². The minimum Gasteiger partial charge on any atom is -0.507 e. The second-order valence-electron chi connectivity index (χ2n) is 10.1. The number of aliphatic hydroxyl groups is 1. The van der Waals surface area contributed by atoms with E-state index in [4.69, 9.17) is 28.7 Å². The van der Waals surface area contributed by atoms with Crippen molar-refractivity contribution < 1.29 is 38.4 Å². The molecule has 11 heteroatoms. The van der Waals surface area contributed by atoms with E-state index in [-0.39, 0.29) is 11.3 Å². The predicted octanol–water partition coefficient (Wildman–Crippen LogP) is 6.28. The van der Waals surface area contributed by atoms with Crippen LogP contribution in [0, 0.1) is 0 Å². The lowest BCUT2D eigenvalue weighted by molar-refractivity contribution is -0.132. The number of amides is 1. The zero-order chi connectivity index (χ0) is 30.8. The normalized spacial score (nSPS) is 17.2. The number of rotatable bonds is 10. The number of aromatic nitrogens is 1. The van der Waals surface area contributed by atoms with E-state index in [0.29, 0.717) is 83.6 Å². The monoisotopic (exact) mass is 616 g/mol. The number of ether oxygens (including phenoxy) is 5. The number of thiazole rings is 1. The van der Waals surface area contributed by atoms with E-state index in [2.05, 4.69) is 0 Å². The van der Waals surface area contributed by atoms with Gasteiger partial charge in [-0.3, -0.25) is 14.5 Å². The Morgan fingerprint density at radius 2 is 1.73 bits per heavy atom. The highest BCUT2D eigenvalue weighted by Crippen LogP contribution is 2.46. The summed E-state index contributed by atoms with van der Waals surface area (Å²) in [6.45, 7) is 7.93. The number of nitrogens with zero attached hydrogens (tertiary/aromatic N) is 2. The molecule has 1 N–H and O–H groups in total. The number of carbonyl (C=O) groups is 2. The van der Waals surface area contributed by atoms with E-state index in [0.717, 1.165) is 11.1 Å². The van der Waals surface area contributed by atoms with Gasteiger partial charge < -0.3 is 28.8 Å². The molecule has 1 amide bonds. The van der Waals surface area contributed by atoms with Gasteiger partial charge in [0.25, 0.3) is 5.78 Å². The van der Waals surface area contributed by atoms with Gasteiger partial charge in [-0.2, -0.15) is 0 Å². The molecule has 44 heavy (non-hydrogen) atoms. The summed E-state index contributed by atoms with van der Waals surface area (Å²) >= 11 is 1.26. The molecule has 1 unspecified atom stereocenters. The van der Waals surface area contributed by atoms with Crippen molar-refractivity contribution >= 4 is 44.1 Å². The van der Waals surface area contributed by atoms with Crippen molar-refractivity contribution in [3.05, 3.63) is 71.3 Å². The third-order valence-corrected chi connectivity index (χ3v) is 8.19. The summed E-state index contributed by atoms with van der Waals surface area (Å²) in [4.78, 5) is 33.7. The SMILES string of the molecule is CCCOc1ccc(C2/C(=C(\O)c3ccc4c(c3)OCCO4)C(=O)C(=O)N2c2nc3ccc(OCC)cc3s2)cc1OCC. The lowest BCUT2D eigenvalue weighted by atomic mass is 9.95. The van der Waals surface area contributed by atoms with E-state index in [1.165, 1.54) is 16.2 Å². The van der Waals surface area contributed by atoms with Crippen molar-refractivity contribution in [3.63, 3.8) is 0 Å². The van der Waals surface area contributed by atoms with Crippen molar-refractivity contribution in [2.75, 3.05) is 37.9 Å². The highest BCUT2D eigenvalue weighted by Gasteiger charge is 2.48. The van der Waals surface area contributed by atoms with Gasteiger partial charge in [0.2, 0.25) is 0 Å². The molecular weight excluding hydrogens is 584 g/mol. The molecule has 2 aliphatic heterocycles. The number of fused-ring (bicyclic) bond motifs is 2. The Morgan fingerprint density at radius 1 is 0.932 bits per heavy atom. The van der Waals surface area contributed by atoms with Gasteiger partial charge in [-0.15, -0.1) is 0 Å². The Kier molecular flexibility index (Phi) is 8.30. The molecule has 0 aliphatic carbocycles. The minimum absolute atomic E-state index is 0.0781. The smallest absolute Gasteiger partial charge is 0.301 e. The molecule has 1 atom stereocenters. The van der Waals surface area contributed by atoms with Crippen molar-refractivity contribution in [3.8, 4) is 28.7 Å². The molecule has 10 nitrogen and oxygen atoms in total. The molecule has 0 radical (unpaired) electrons. The molecular formula is C33H32N2O8S. The molecule has 4 aromatic rings. The number of anilines is 1. The van der Waals surface area contributed by atoms with Crippen LogP contribution >= 0.6 is 11.3 Å². The topological polar surface area (TPSA) is 117 Å². The van der Waals surface area contributed by atoms with E-state index in [1.54, 1.807) is 36.4 Å². The Bertz CT molecular complexity index is 1760. The number of ketones is 1. The molecule has 228 valence electrons. The van der Waals surface area contributed by atoms with Crippen molar-refractivity contribution in [1.29, 1.82) is 0 Å². The van der Waals surface area contributed by atoms with E-state index < -0.39 is 17.7 Å². The summed E-state index contributed by atoms with van der Waals surface area (Å²) in [5.41, 5.74) is 1.44. The largest absolute Gasteiger partial charge is 0.507 e. The van der Waals surface area contributed by atoms with Crippen molar-refractivity contribution in [2.24, 2.45) is 0 Å². The maximum Gasteiger partial charge on any atom is 0.301 e. The van der Waals surface area contributed by atoms with Crippen LogP contribution in [-0.2, 0) is 9.59 Å². The van der Waals surface area contributed by atoms with Gasteiger partial charge in [-0.25, -0.2) is 4.98 Å². The Morgan fingerprint density at radius 3 is 2.50 bits per heavy atom. The van der Waals surface area contributed by atoms with Gasteiger partial charge in [0.15, 0.2) is 28.1 Å². The van der Waals surface area contributed by atoms with Gasteiger partial charge in [0.1, 0.15) is 24.7 Å². The second kappa shape index (κ2) is 12.5. The molecule has 0 saturated carbocycles. The first kappa shape index (κ1) is 29.3. The van der Waals surface area contributed by atoms with Gasteiger partial charge in [0, 0.05) is 5.56 Å². The number of benzene rings is 3. The Balaban J connectivity index is 1.52. The zero-order valence-corrected chi connectivity index (χ0v) is 25.4. The van der Waals surface area contributed by atoms with Crippen LogP contribution in [0.3, 0.4) is 0 Å². The van der Waals surface area contributed by atoms with Gasteiger partial charge in [-0.1, -0.05) is 24.3 Å². The van der Waals surface area contributed by atoms with Crippen LogP contribution in [-0.4, -0.2) is 54.8 Å². The quantitative estimate of drug-likeness (QED) is 0.125. The molecule has 6 rings (SSSR count). The van der Waals surface area contributed by atoms with Crippen LogP contribution < -0.4 is 28.6 Å². The summed E-state index contributed by atoms with van der Waals surface area (Å²) in [6, 6.07) is 14.7. The third kappa shape index (κ3) is 5.39. The predicted molar refractivity (Wildman–Crippen MR) is 166 cm³/mol. The van der Waals surface area contributed by atoms with Crippen LogP contribution in [0.4, 0.5) is 5.13 Å². The zero-order valence-electron chi connectivity index (χ0n) is 24.6. The van der Waals surface area contributed by atoms with Gasteiger partial charge in [-0.05, 0) is 74.4 Å². The number of hydrogen-bond donors (Lipinski definition) is 1. The van der Waals surface area contributed by atoms with Crippen molar-refractivity contribution in [1.82, 2.24) is 4.98 Å². The lowest BCUT2D eigenvalue weighted by Gasteiger charge is -2.24. The van der Waals surface area contributed by atoms with Crippen LogP contribution in [0.5, 0.6) is 28.7 Å². The average Bonchev–Trinajstić information content (AvgIpc) is 3.57. The first-order valence-electron chi connectivity index (χ1n) is 14.6. The van der Waals surface area contributed by atoms with Crippen LogP contribution in [0.15, 0.2) is 60.2 Å². The summed E-state index contributed by atoms with van der Waals surface area (Å²) < 4.78 is 29.6. The third-order valence-electron chi connectivity index (χ3n) is 7.17. The lowest BCUT2D eigenvalue weighted by Crippen LogP contribution is -2.29.